The molecule has 2 atom stereocenters. The molecule has 0 heterocycles. The van der Waals surface area contributed by atoms with Crippen LogP contribution < -0.4 is 5.32 Å². The van der Waals surface area contributed by atoms with Gasteiger partial charge in [0.1, 0.15) is 5.60 Å². The molecule has 0 rings (SSSR count). The number of aliphatic carboxylic acids is 1. The second-order valence-corrected chi connectivity index (χ2v) is 6.25. The summed E-state index contributed by atoms with van der Waals surface area (Å²) in [6, 6.07) is 0. The van der Waals surface area contributed by atoms with E-state index < -0.39 is 17.7 Å². The molecule has 5 heteroatoms. The standard InChI is InChI=1S/C15H29NO4/c1-6-11(2)12(13(17)18)9-7-8-10-16-14(19)20-15(3,4)5/h11-12H,6-10H2,1-5H3,(H,16,19)(H,17,18)/t11?,12-/m1/s1. The van der Waals surface area contributed by atoms with Gasteiger partial charge in [-0.2, -0.15) is 0 Å². The largest absolute Gasteiger partial charge is 0.481 e. The molecule has 0 bridgehead atoms. The van der Waals surface area contributed by atoms with Gasteiger partial charge in [-0.1, -0.05) is 26.7 Å². The van der Waals surface area contributed by atoms with Crippen LogP contribution >= 0.6 is 0 Å². The van der Waals surface area contributed by atoms with Gasteiger partial charge < -0.3 is 15.2 Å². The van der Waals surface area contributed by atoms with E-state index in [0.717, 1.165) is 19.3 Å². The topological polar surface area (TPSA) is 75.6 Å². The number of hydrogen-bond donors (Lipinski definition) is 2. The normalized spacial score (nSPS) is 14.4. The molecule has 0 aliphatic heterocycles. The monoisotopic (exact) mass is 287 g/mol. The first-order chi connectivity index (χ1) is 9.17. The smallest absolute Gasteiger partial charge is 0.407 e. The van der Waals surface area contributed by atoms with Gasteiger partial charge in [0.2, 0.25) is 0 Å². The molecule has 1 unspecified atom stereocenters. The van der Waals surface area contributed by atoms with Crippen LogP contribution in [0.1, 0.15) is 60.3 Å². The van der Waals surface area contributed by atoms with Crippen molar-refractivity contribution >= 4 is 12.1 Å². The number of carboxylic acids is 1. The predicted octanol–water partition coefficient (Wildman–Crippen LogP) is 3.43. The maximum atomic E-state index is 11.4. The molecule has 0 radical (unpaired) electrons. The highest BCUT2D eigenvalue weighted by molar-refractivity contribution is 5.70. The molecule has 0 aliphatic carbocycles. The zero-order valence-corrected chi connectivity index (χ0v) is 13.4. The molecule has 2 N–H and O–H groups in total. The van der Waals surface area contributed by atoms with Gasteiger partial charge in [-0.3, -0.25) is 4.79 Å². The summed E-state index contributed by atoms with van der Waals surface area (Å²) < 4.78 is 5.12. The van der Waals surface area contributed by atoms with Crippen LogP contribution in [-0.4, -0.2) is 29.3 Å². The van der Waals surface area contributed by atoms with Gasteiger partial charge in [0.25, 0.3) is 0 Å². The van der Waals surface area contributed by atoms with Crippen molar-refractivity contribution in [3.8, 4) is 0 Å². The highest BCUT2D eigenvalue weighted by Gasteiger charge is 2.22. The van der Waals surface area contributed by atoms with Crippen molar-refractivity contribution in [2.45, 2.75) is 65.9 Å². The fourth-order valence-electron chi connectivity index (χ4n) is 1.93. The van der Waals surface area contributed by atoms with Crippen molar-refractivity contribution in [3.05, 3.63) is 0 Å². The number of carbonyl (C=O) groups is 2. The minimum absolute atomic E-state index is 0.186. The van der Waals surface area contributed by atoms with Gasteiger partial charge in [0.05, 0.1) is 5.92 Å². The number of amides is 1. The summed E-state index contributed by atoms with van der Waals surface area (Å²) in [7, 11) is 0. The molecule has 118 valence electrons. The lowest BCUT2D eigenvalue weighted by Gasteiger charge is -2.20. The first kappa shape index (κ1) is 18.7. The van der Waals surface area contributed by atoms with E-state index in [1.165, 1.54) is 0 Å². The molecule has 0 aliphatic rings. The van der Waals surface area contributed by atoms with E-state index in [1.807, 2.05) is 34.6 Å². The molecule has 20 heavy (non-hydrogen) atoms. The van der Waals surface area contributed by atoms with E-state index in [2.05, 4.69) is 5.32 Å². The maximum Gasteiger partial charge on any atom is 0.407 e. The fourth-order valence-corrected chi connectivity index (χ4v) is 1.93. The Morgan fingerprint density at radius 3 is 2.30 bits per heavy atom. The van der Waals surface area contributed by atoms with Crippen LogP contribution in [0.3, 0.4) is 0 Å². The summed E-state index contributed by atoms with van der Waals surface area (Å²) in [6.07, 6.45) is 2.65. The van der Waals surface area contributed by atoms with E-state index in [9.17, 15) is 9.59 Å². The predicted molar refractivity (Wildman–Crippen MR) is 78.7 cm³/mol. The summed E-state index contributed by atoms with van der Waals surface area (Å²) in [5.74, 6) is -0.827. The number of unbranched alkanes of at least 4 members (excludes halogenated alkanes) is 1. The molecule has 0 saturated heterocycles. The number of carboxylic acid groups (broad SMARTS) is 1. The van der Waals surface area contributed by atoms with Gasteiger partial charge in [0, 0.05) is 6.54 Å². The van der Waals surface area contributed by atoms with E-state index in [1.54, 1.807) is 0 Å². The Morgan fingerprint density at radius 2 is 1.85 bits per heavy atom. The maximum absolute atomic E-state index is 11.4. The lowest BCUT2D eigenvalue weighted by Crippen LogP contribution is -2.33. The Labute approximate surface area is 122 Å². The molecule has 1 amide bonds. The highest BCUT2D eigenvalue weighted by Crippen LogP contribution is 2.21. The molecule has 0 aromatic carbocycles. The van der Waals surface area contributed by atoms with E-state index in [0.29, 0.717) is 13.0 Å². The van der Waals surface area contributed by atoms with Crippen molar-refractivity contribution in [3.63, 3.8) is 0 Å². The Bertz CT molecular complexity index is 309. The van der Waals surface area contributed by atoms with Crippen LogP contribution in [0.2, 0.25) is 0 Å². The van der Waals surface area contributed by atoms with Crippen molar-refractivity contribution in [1.82, 2.24) is 5.32 Å². The lowest BCUT2D eigenvalue weighted by atomic mass is 9.87. The highest BCUT2D eigenvalue weighted by atomic mass is 16.6. The zero-order chi connectivity index (χ0) is 15.8. The van der Waals surface area contributed by atoms with Gasteiger partial charge in [-0.25, -0.2) is 4.79 Å². The van der Waals surface area contributed by atoms with E-state index in [-0.39, 0.29) is 11.8 Å². The zero-order valence-electron chi connectivity index (χ0n) is 13.4. The number of alkyl carbamates (subject to hydrolysis) is 1. The summed E-state index contributed by atoms with van der Waals surface area (Å²) >= 11 is 0. The molecule has 0 aromatic heterocycles. The average Bonchev–Trinajstić information content (AvgIpc) is 2.30. The minimum Gasteiger partial charge on any atom is -0.481 e. The van der Waals surface area contributed by atoms with Crippen molar-refractivity contribution in [2.75, 3.05) is 6.54 Å². The molecule has 0 aromatic rings. The van der Waals surface area contributed by atoms with Crippen molar-refractivity contribution in [2.24, 2.45) is 11.8 Å². The third-order valence-electron chi connectivity index (χ3n) is 3.26. The first-order valence-corrected chi connectivity index (χ1v) is 7.37. The Hall–Kier alpha value is -1.26. The van der Waals surface area contributed by atoms with Gasteiger partial charge in [-0.05, 0) is 39.5 Å². The van der Waals surface area contributed by atoms with Crippen LogP contribution in [0.4, 0.5) is 4.79 Å². The fraction of sp³-hybridized carbons (Fsp3) is 0.867. The third kappa shape index (κ3) is 8.77. The van der Waals surface area contributed by atoms with Crippen LogP contribution in [0, 0.1) is 11.8 Å². The van der Waals surface area contributed by atoms with E-state index >= 15 is 0 Å². The number of rotatable bonds is 8. The first-order valence-electron chi connectivity index (χ1n) is 7.37. The van der Waals surface area contributed by atoms with Crippen LogP contribution in [0.5, 0.6) is 0 Å². The summed E-state index contributed by atoms with van der Waals surface area (Å²) in [4.78, 5) is 22.5. The molecular weight excluding hydrogens is 258 g/mol. The third-order valence-corrected chi connectivity index (χ3v) is 3.26. The molecule has 0 saturated carbocycles. The Balaban J connectivity index is 3.85. The van der Waals surface area contributed by atoms with Crippen LogP contribution in [0.15, 0.2) is 0 Å². The number of nitrogens with one attached hydrogen (secondary N) is 1. The number of ether oxygens (including phenoxy) is 1. The molecule has 0 spiro atoms. The number of hydrogen-bond acceptors (Lipinski definition) is 3. The second kappa shape index (κ2) is 8.82. The van der Waals surface area contributed by atoms with Gasteiger partial charge in [0.15, 0.2) is 0 Å². The van der Waals surface area contributed by atoms with E-state index in [4.69, 9.17) is 9.84 Å². The lowest BCUT2D eigenvalue weighted by molar-refractivity contribution is -0.143. The molecular formula is C15H29NO4. The molecule has 5 nitrogen and oxygen atoms in total. The quantitative estimate of drug-likeness (QED) is 0.671. The van der Waals surface area contributed by atoms with Crippen LogP contribution in [-0.2, 0) is 9.53 Å². The van der Waals surface area contributed by atoms with Crippen LogP contribution in [0.25, 0.3) is 0 Å². The van der Waals surface area contributed by atoms with Crippen molar-refractivity contribution < 1.29 is 19.4 Å². The molecule has 0 fully saturated rings. The second-order valence-electron chi connectivity index (χ2n) is 6.25. The summed E-state index contributed by atoms with van der Waals surface area (Å²) in [6.45, 7) is 9.94. The minimum atomic E-state index is -0.723. The van der Waals surface area contributed by atoms with Gasteiger partial charge in [-0.15, -0.1) is 0 Å². The Morgan fingerprint density at radius 1 is 1.25 bits per heavy atom. The summed E-state index contributed by atoms with van der Waals surface area (Å²) in [5.41, 5.74) is -0.491. The summed E-state index contributed by atoms with van der Waals surface area (Å²) in [5, 5.41) is 11.8. The average molecular weight is 287 g/mol. The SMILES string of the molecule is CCC(C)[C@@H](CCCCNC(=O)OC(C)(C)C)C(=O)O. The number of carbonyl (C=O) groups excluding carboxylic acids is 1. The Kier molecular flexibility index (Phi) is 8.26. The van der Waals surface area contributed by atoms with Gasteiger partial charge >= 0.3 is 12.1 Å². The van der Waals surface area contributed by atoms with Crippen molar-refractivity contribution in [1.29, 1.82) is 0 Å².